The molecule has 0 unspecified atom stereocenters. The minimum atomic E-state index is -0.0305. The fraction of sp³-hybridized carbons (Fsp3) is 0.200. The number of amides is 1. The Labute approximate surface area is 213 Å². The highest BCUT2D eigenvalue weighted by atomic mass is 16.5. The van der Waals surface area contributed by atoms with Gasteiger partial charge in [-0.15, -0.1) is 0 Å². The zero-order valence-electron chi connectivity index (χ0n) is 21.1. The normalized spacial score (nSPS) is 11.8. The van der Waals surface area contributed by atoms with Crippen LogP contribution in [0.5, 0.6) is 5.75 Å². The second-order valence-electron chi connectivity index (χ2n) is 8.57. The van der Waals surface area contributed by atoms with Crippen LogP contribution < -0.4 is 15.8 Å². The predicted molar refractivity (Wildman–Crippen MR) is 149 cm³/mol. The maximum atomic E-state index is 11.5. The zero-order valence-corrected chi connectivity index (χ0v) is 21.1. The van der Waals surface area contributed by atoms with Gasteiger partial charge < -0.3 is 26.1 Å². The number of hydrogen-bond donors (Lipinski definition) is 3. The van der Waals surface area contributed by atoms with E-state index in [-0.39, 0.29) is 5.91 Å². The summed E-state index contributed by atoms with van der Waals surface area (Å²) >= 11 is 0. The van der Waals surface area contributed by atoms with Gasteiger partial charge >= 0.3 is 0 Å². The molecule has 0 saturated heterocycles. The van der Waals surface area contributed by atoms with E-state index in [0.29, 0.717) is 30.9 Å². The summed E-state index contributed by atoms with van der Waals surface area (Å²) in [6, 6.07) is 24.1. The summed E-state index contributed by atoms with van der Waals surface area (Å²) < 4.78 is 5.89. The smallest absolute Gasteiger partial charge is 0.245 e. The lowest BCUT2D eigenvalue weighted by Gasteiger charge is -2.16. The number of hydrogen-bond acceptors (Lipinski definition) is 5. The molecule has 0 spiro atoms. The third-order valence-electron chi connectivity index (χ3n) is 5.77. The summed E-state index contributed by atoms with van der Waals surface area (Å²) in [5.41, 5.74) is 12.7. The number of nitrogens with one attached hydrogen (secondary N) is 2. The molecule has 0 aliphatic rings. The molecule has 186 valence electrons. The Hall–Kier alpha value is -4.16. The number of nitrogens with two attached hydrogens (primary N) is 1. The SMILES string of the molecule is C/C(=C(/c1ccc(OCCNC/C=C/C(=O)N(C)C)cc1)c1ccc(N)c(C=N)c1)c1ccccc1. The van der Waals surface area contributed by atoms with Gasteiger partial charge in [0.1, 0.15) is 12.4 Å². The van der Waals surface area contributed by atoms with Crippen molar-refractivity contribution in [2.75, 3.05) is 39.5 Å². The van der Waals surface area contributed by atoms with Gasteiger partial charge in [0, 0.05) is 50.7 Å². The first kappa shape index (κ1) is 26.4. The van der Waals surface area contributed by atoms with E-state index in [1.54, 1.807) is 26.2 Å². The minimum absolute atomic E-state index is 0.0305. The third-order valence-corrected chi connectivity index (χ3v) is 5.77. The molecule has 0 fully saturated rings. The molecule has 0 aliphatic heterocycles. The van der Waals surface area contributed by atoms with Crippen molar-refractivity contribution in [3.8, 4) is 5.75 Å². The molecule has 4 N–H and O–H groups in total. The topological polar surface area (TPSA) is 91.4 Å². The van der Waals surface area contributed by atoms with Gasteiger partial charge in [0.05, 0.1) is 0 Å². The van der Waals surface area contributed by atoms with Crippen molar-refractivity contribution in [1.29, 1.82) is 5.41 Å². The van der Waals surface area contributed by atoms with E-state index >= 15 is 0 Å². The Kier molecular flexibility index (Phi) is 9.60. The Balaban J connectivity index is 1.73. The van der Waals surface area contributed by atoms with Crippen molar-refractivity contribution >= 4 is 29.0 Å². The average molecular weight is 483 g/mol. The summed E-state index contributed by atoms with van der Waals surface area (Å²) in [6.45, 7) is 3.90. The zero-order chi connectivity index (χ0) is 25.9. The van der Waals surface area contributed by atoms with Crippen molar-refractivity contribution in [1.82, 2.24) is 10.2 Å². The van der Waals surface area contributed by atoms with Crippen LogP contribution in [0.25, 0.3) is 11.1 Å². The standard InChI is InChI=1S/C30H34N4O2/c1-22(23-8-5-4-6-9-23)30(25-13-16-28(32)26(20-25)21-31)24-11-14-27(15-12-24)36-19-18-33-17-7-10-29(35)34(2)3/h4-16,20-21,31,33H,17-19,32H2,1-3H3/b10-7+,30-22+,31-21?. The molecule has 6 heteroatoms. The lowest BCUT2D eigenvalue weighted by molar-refractivity contribution is -0.123. The van der Waals surface area contributed by atoms with Gasteiger partial charge in [-0.05, 0) is 59.0 Å². The molecule has 0 aliphatic carbocycles. The number of nitrogens with zero attached hydrogens (tertiary/aromatic N) is 1. The number of carbonyl (C=O) groups excluding carboxylic acids is 1. The van der Waals surface area contributed by atoms with Crippen molar-refractivity contribution < 1.29 is 9.53 Å². The lowest BCUT2D eigenvalue weighted by Crippen LogP contribution is -2.22. The minimum Gasteiger partial charge on any atom is -0.492 e. The largest absolute Gasteiger partial charge is 0.492 e. The fourth-order valence-electron chi connectivity index (χ4n) is 3.74. The van der Waals surface area contributed by atoms with Crippen LogP contribution in [0.2, 0.25) is 0 Å². The summed E-state index contributed by atoms with van der Waals surface area (Å²) in [6.07, 6.45) is 4.65. The number of allylic oxidation sites excluding steroid dienone is 1. The molecule has 36 heavy (non-hydrogen) atoms. The maximum Gasteiger partial charge on any atom is 0.245 e. The molecule has 0 atom stereocenters. The molecule has 0 aromatic heterocycles. The maximum absolute atomic E-state index is 11.5. The molecule has 0 saturated carbocycles. The quantitative estimate of drug-likeness (QED) is 0.120. The van der Waals surface area contributed by atoms with Crippen molar-refractivity contribution in [3.05, 3.63) is 107 Å². The third kappa shape index (κ3) is 7.17. The van der Waals surface area contributed by atoms with Crippen LogP contribution in [0.4, 0.5) is 5.69 Å². The Morgan fingerprint density at radius 1 is 1.00 bits per heavy atom. The molecular formula is C30H34N4O2. The number of benzene rings is 3. The monoisotopic (exact) mass is 482 g/mol. The summed E-state index contributed by atoms with van der Waals surface area (Å²) in [5.74, 6) is 0.755. The van der Waals surface area contributed by atoms with Gasteiger partial charge in [-0.1, -0.05) is 54.6 Å². The van der Waals surface area contributed by atoms with Crippen LogP contribution in [0.3, 0.4) is 0 Å². The molecular weight excluding hydrogens is 448 g/mol. The fourth-order valence-corrected chi connectivity index (χ4v) is 3.74. The number of rotatable bonds is 11. The van der Waals surface area contributed by atoms with E-state index in [0.717, 1.165) is 33.6 Å². The van der Waals surface area contributed by atoms with Crippen LogP contribution in [-0.2, 0) is 4.79 Å². The molecule has 0 bridgehead atoms. The number of anilines is 1. The van der Waals surface area contributed by atoms with Gasteiger partial charge in [-0.25, -0.2) is 0 Å². The van der Waals surface area contributed by atoms with Crippen LogP contribution in [0.1, 0.15) is 29.2 Å². The lowest BCUT2D eigenvalue weighted by atomic mass is 9.89. The van der Waals surface area contributed by atoms with Crippen LogP contribution in [0, 0.1) is 5.41 Å². The first-order chi connectivity index (χ1) is 17.4. The number of carbonyl (C=O) groups is 1. The predicted octanol–water partition coefficient (Wildman–Crippen LogP) is 4.86. The van der Waals surface area contributed by atoms with Crippen LogP contribution in [0.15, 0.2) is 84.9 Å². The van der Waals surface area contributed by atoms with E-state index in [9.17, 15) is 4.79 Å². The molecule has 6 nitrogen and oxygen atoms in total. The molecule has 3 aromatic rings. The first-order valence-corrected chi connectivity index (χ1v) is 11.9. The molecule has 1 amide bonds. The van der Waals surface area contributed by atoms with Crippen LogP contribution in [-0.4, -0.2) is 50.8 Å². The van der Waals surface area contributed by atoms with Gasteiger partial charge in [0.15, 0.2) is 0 Å². The molecule has 0 radical (unpaired) electrons. The highest BCUT2D eigenvalue weighted by molar-refractivity contribution is 5.99. The summed E-state index contributed by atoms with van der Waals surface area (Å²) in [4.78, 5) is 13.1. The number of nitrogen functional groups attached to an aromatic ring is 1. The Morgan fingerprint density at radius 2 is 1.69 bits per heavy atom. The first-order valence-electron chi connectivity index (χ1n) is 11.9. The number of likely N-dealkylation sites (N-methyl/N-ethyl adjacent to an activating group) is 1. The summed E-state index contributed by atoms with van der Waals surface area (Å²) in [7, 11) is 3.45. The van der Waals surface area contributed by atoms with Gasteiger partial charge in [-0.3, -0.25) is 4.79 Å². The molecule has 3 rings (SSSR count). The highest BCUT2D eigenvalue weighted by Gasteiger charge is 2.12. The van der Waals surface area contributed by atoms with E-state index in [2.05, 4.69) is 36.5 Å². The Bertz CT molecular complexity index is 1230. The highest BCUT2D eigenvalue weighted by Crippen LogP contribution is 2.34. The van der Waals surface area contributed by atoms with E-state index in [4.69, 9.17) is 15.9 Å². The van der Waals surface area contributed by atoms with E-state index in [1.807, 2.05) is 48.5 Å². The second-order valence-corrected chi connectivity index (χ2v) is 8.57. The van der Waals surface area contributed by atoms with Crippen molar-refractivity contribution in [3.63, 3.8) is 0 Å². The average Bonchev–Trinajstić information content (AvgIpc) is 2.90. The number of ether oxygens (including phenoxy) is 1. The molecule has 3 aromatic carbocycles. The van der Waals surface area contributed by atoms with Gasteiger partial charge in [-0.2, -0.15) is 0 Å². The Morgan fingerprint density at radius 3 is 2.36 bits per heavy atom. The van der Waals surface area contributed by atoms with Crippen molar-refractivity contribution in [2.24, 2.45) is 0 Å². The van der Waals surface area contributed by atoms with Gasteiger partial charge in [0.25, 0.3) is 0 Å². The van der Waals surface area contributed by atoms with Gasteiger partial charge in [0.2, 0.25) is 5.91 Å². The van der Waals surface area contributed by atoms with Crippen LogP contribution >= 0.6 is 0 Å². The summed E-state index contributed by atoms with van der Waals surface area (Å²) in [5, 5.41) is 10.9. The molecule has 0 heterocycles. The second kappa shape index (κ2) is 13.1. The van der Waals surface area contributed by atoms with Crippen molar-refractivity contribution in [2.45, 2.75) is 6.92 Å². The van der Waals surface area contributed by atoms with E-state index in [1.165, 1.54) is 11.1 Å². The van der Waals surface area contributed by atoms with E-state index < -0.39 is 0 Å².